The van der Waals surface area contributed by atoms with Gasteiger partial charge in [0.1, 0.15) is 0 Å². The number of rotatable bonds is 4. The maximum absolute atomic E-state index is 11.6. The van der Waals surface area contributed by atoms with Gasteiger partial charge in [-0.05, 0) is 31.2 Å². The number of amides is 1. The molecule has 1 amide bonds. The van der Waals surface area contributed by atoms with E-state index in [2.05, 4.69) is 14.5 Å². The van der Waals surface area contributed by atoms with Crippen molar-refractivity contribution in [3.8, 4) is 0 Å². The van der Waals surface area contributed by atoms with Crippen molar-refractivity contribution in [2.75, 3.05) is 5.01 Å². The lowest BCUT2D eigenvalue weighted by Crippen LogP contribution is -2.19. The van der Waals surface area contributed by atoms with Crippen LogP contribution in [0.15, 0.2) is 34.3 Å². The quantitative estimate of drug-likeness (QED) is 0.507. The largest absolute Gasteiger partial charge is 0.272 e. The molecule has 0 radical (unpaired) electrons. The highest BCUT2D eigenvalue weighted by molar-refractivity contribution is 7.94. The van der Waals surface area contributed by atoms with Crippen molar-refractivity contribution in [1.82, 2.24) is 0 Å². The zero-order valence-corrected chi connectivity index (χ0v) is 9.81. The summed E-state index contributed by atoms with van der Waals surface area (Å²) in [4.78, 5) is 12.3. The second kappa shape index (κ2) is 5.28. The number of anilines is 1. The van der Waals surface area contributed by atoms with Crippen molar-refractivity contribution in [2.24, 2.45) is 5.10 Å². The Bertz CT molecular complexity index is 446. The minimum Gasteiger partial charge on any atom is -0.272 e. The normalized spacial score (nSPS) is 15.3. The van der Waals surface area contributed by atoms with Crippen molar-refractivity contribution >= 4 is 29.3 Å². The Balaban J connectivity index is 2.10. The second-order valence-electron chi connectivity index (χ2n) is 3.44. The van der Waals surface area contributed by atoms with Gasteiger partial charge in [-0.15, -0.1) is 4.33 Å². The van der Waals surface area contributed by atoms with Crippen molar-refractivity contribution in [2.45, 2.75) is 18.2 Å². The van der Waals surface area contributed by atoms with Gasteiger partial charge >= 0.3 is 0 Å². The highest BCUT2D eigenvalue weighted by atomic mass is 32.2. The van der Waals surface area contributed by atoms with Crippen molar-refractivity contribution in [3.05, 3.63) is 24.3 Å². The summed E-state index contributed by atoms with van der Waals surface area (Å²) in [5, 5.41) is 17.0. The van der Waals surface area contributed by atoms with Gasteiger partial charge in [0.15, 0.2) is 0 Å². The number of hydrogen-bond donors (Lipinski definition) is 1. The van der Waals surface area contributed by atoms with Crippen molar-refractivity contribution < 1.29 is 19.4 Å². The standard InChI is InChI=1S/C10H10N2O4S/c1-7-6-10(13)12(11-7)8-2-4-9(5-3-8)17-16-15-14/h2-5,14H,6H2,1H3. The van der Waals surface area contributed by atoms with E-state index in [-0.39, 0.29) is 5.91 Å². The van der Waals surface area contributed by atoms with E-state index in [4.69, 9.17) is 5.26 Å². The van der Waals surface area contributed by atoms with Gasteiger partial charge < -0.3 is 0 Å². The van der Waals surface area contributed by atoms with Crippen LogP contribution in [0.3, 0.4) is 0 Å². The summed E-state index contributed by atoms with van der Waals surface area (Å²) in [7, 11) is 0. The molecule has 7 heteroatoms. The van der Waals surface area contributed by atoms with Gasteiger partial charge in [0, 0.05) is 10.6 Å². The zero-order chi connectivity index (χ0) is 12.3. The Morgan fingerprint density at radius 1 is 1.41 bits per heavy atom. The summed E-state index contributed by atoms with van der Waals surface area (Å²) in [5.41, 5.74) is 1.49. The van der Waals surface area contributed by atoms with Crippen LogP contribution in [0.25, 0.3) is 0 Å². The van der Waals surface area contributed by atoms with Crippen LogP contribution in [0, 0.1) is 0 Å². The van der Waals surface area contributed by atoms with Crippen molar-refractivity contribution in [1.29, 1.82) is 0 Å². The van der Waals surface area contributed by atoms with Crippen LogP contribution in [0.5, 0.6) is 0 Å². The van der Waals surface area contributed by atoms with Gasteiger partial charge in [-0.2, -0.15) is 5.10 Å². The molecule has 1 N–H and O–H groups in total. The van der Waals surface area contributed by atoms with E-state index in [1.165, 1.54) is 5.01 Å². The van der Waals surface area contributed by atoms with E-state index in [0.717, 1.165) is 22.6 Å². The SMILES string of the molecule is CC1=NN(c2ccc(SOOO)cc2)C(=O)C1. The van der Waals surface area contributed by atoms with E-state index >= 15 is 0 Å². The lowest BCUT2D eigenvalue weighted by molar-refractivity contribution is -0.432. The molecule has 0 fully saturated rings. The number of carbonyl (C=O) groups excluding carboxylic acids is 1. The smallest absolute Gasteiger partial charge is 0.253 e. The summed E-state index contributed by atoms with van der Waals surface area (Å²) < 4.78 is 4.29. The van der Waals surface area contributed by atoms with Crippen LogP contribution in [-0.4, -0.2) is 16.9 Å². The first-order valence-electron chi connectivity index (χ1n) is 4.82. The van der Waals surface area contributed by atoms with Crippen LogP contribution < -0.4 is 5.01 Å². The Kier molecular flexibility index (Phi) is 3.75. The van der Waals surface area contributed by atoms with Crippen molar-refractivity contribution in [3.63, 3.8) is 0 Å². The van der Waals surface area contributed by atoms with Crippen LogP contribution in [-0.2, 0) is 14.2 Å². The van der Waals surface area contributed by atoms with Crippen LogP contribution in [0.1, 0.15) is 13.3 Å². The minimum absolute atomic E-state index is 0.0437. The number of hydrazone groups is 1. The fourth-order valence-corrected chi connectivity index (χ4v) is 1.81. The number of carbonyl (C=O) groups is 1. The second-order valence-corrected chi connectivity index (χ2v) is 4.21. The van der Waals surface area contributed by atoms with Crippen LogP contribution in [0.2, 0.25) is 0 Å². The summed E-state index contributed by atoms with van der Waals surface area (Å²) in [6, 6.07) is 6.94. The first-order chi connectivity index (χ1) is 8.20. The van der Waals surface area contributed by atoms with E-state index in [9.17, 15) is 4.79 Å². The molecule has 0 saturated heterocycles. The molecule has 0 aliphatic carbocycles. The predicted octanol–water partition coefficient (Wildman–Crippen LogP) is 2.23. The Morgan fingerprint density at radius 3 is 2.65 bits per heavy atom. The molecule has 1 aliphatic rings. The van der Waals surface area contributed by atoms with Gasteiger partial charge in [0.25, 0.3) is 5.91 Å². The van der Waals surface area contributed by atoms with Gasteiger partial charge in [0.2, 0.25) is 0 Å². The molecule has 1 aliphatic heterocycles. The fraction of sp³-hybridized carbons (Fsp3) is 0.200. The third kappa shape index (κ3) is 2.83. The van der Waals surface area contributed by atoms with Gasteiger partial charge in [-0.3, -0.25) is 4.79 Å². The topological polar surface area (TPSA) is 71.4 Å². The first-order valence-corrected chi connectivity index (χ1v) is 5.57. The Labute approximate surface area is 102 Å². The van der Waals surface area contributed by atoms with Gasteiger partial charge in [0.05, 0.1) is 24.2 Å². The summed E-state index contributed by atoms with van der Waals surface area (Å²) in [6.45, 7) is 1.81. The maximum Gasteiger partial charge on any atom is 0.253 e. The highest BCUT2D eigenvalue weighted by Gasteiger charge is 2.22. The number of benzene rings is 1. The van der Waals surface area contributed by atoms with Crippen LogP contribution in [0.4, 0.5) is 5.69 Å². The summed E-state index contributed by atoms with van der Waals surface area (Å²) >= 11 is 0.862. The molecular formula is C10H10N2O4S. The molecule has 0 bridgehead atoms. The molecule has 90 valence electrons. The molecule has 0 atom stereocenters. The average molecular weight is 254 g/mol. The molecule has 1 aromatic carbocycles. The van der Waals surface area contributed by atoms with E-state index < -0.39 is 0 Å². The molecule has 0 saturated carbocycles. The first kappa shape index (κ1) is 12.1. The molecule has 1 aromatic rings. The monoisotopic (exact) mass is 254 g/mol. The highest BCUT2D eigenvalue weighted by Crippen LogP contribution is 2.25. The fourth-order valence-electron chi connectivity index (χ4n) is 1.45. The summed E-state index contributed by atoms with van der Waals surface area (Å²) in [6.07, 6.45) is 0.359. The average Bonchev–Trinajstić information content (AvgIpc) is 2.66. The molecular weight excluding hydrogens is 244 g/mol. The van der Waals surface area contributed by atoms with Gasteiger partial charge in [-0.1, -0.05) is 5.04 Å². The molecule has 0 spiro atoms. The Morgan fingerprint density at radius 2 is 2.12 bits per heavy atom. The molecule has 6 nitrogen and oxygen atoms in total. The molecule has 1 heterocycles. The zero-order valence-electron chi connectivity index (χ0n) is 8.99. The third-order valence-corrected chi connectivity index (χ3v) is 2.75. The van der Waals surface area contributed by atoms with E-state index in [1.807, 2.05) is 6.92 Å². The minimum atomic E-state index is -0.0437. The Hall–Kier alpha value is -1.41. The number of nitrogens with zero attached hydrogens (tertiary/aromatic N) is 2. The van der Waals surface area contributed by atoms with Gasteiger partial charge in [-0.25, -0.2) is 10.3 Å². The summed E-state index contributed by atoms with van der Waals surface area (Å²) in [5.74, 6) is -0.0437. The third-order valence-electron chi connectivity index (χ3n) is 2.16. The molecule has 0 aromatic heterocycles. The lowest BCUT2D eigenvalue weighted by atomic mass is 10.3. The predicted molar refractivity (Wildman–Crippen MR) is 62.3 cm³/mol. The van der Waals surface area contributed by atoms with E-state index in [0.29, 0.717) is 12.1 Å². The maximum atomic E-state index is 11.6. The molecule has 2 rings (SSSR count). The van der Waals surface area contributed by atoms with E-state index in [1.54, 1.807) is 24.3 Å². The number of hydrogen-bond acceptors (Lipinski definition) is 6. The molecule has 0 unspecified atom stereocenters. The molecule has 17 heavy (non-hydrogen) atoms. The lowest BCUT2D eigenvalue weighted by Gasteiger charge is -2.11. The van der Waals surface area contributed by atoms with Crippen LogP contribution >= 0.6 is 12.0 Å².